The number of carbonyl (C=O) groups excluding carboxylic acids is 1. The number of ether oxygens (including phenoxy) is 1. The molecule has 1 aromatic carbocycles. The summed E-state index contributed by atoms with van der Waals surface area (Å²) in [5.74, 6) is 0.350. The molecule has 2 aliphatic rings. The quantitative estimate of drug-likeness (QED) is 0.536. The number of fused-ring (bicyclic) bond motifs is 1. The third-order valence-corrected chi connectivity index (χ3v) is 8.16. The van der Waals surface area contributed by atoms with Gasteiger partial charge in [0.25, 0.3) is 11.5 Å². The van der Waals surface area contributed by atoms with Crippen LogP contribution in [0.25, 0.3) is 10.9 Å². The number of aryl methyl sites for hydroxylation is 1. The van der Waals surface area contributed by atoms with Crippen molar-refractivity contribution in [3.63, 3.8) is 0 Å². The van der Waals surface area contributed by atoms with E-state index in [4.69, 9.17) is 16.3 Å². The number of amides is 1. The van der Waals surface area contributed by atoms with Crippen LogP contribution in [0.2, 0.25) is 5.02 Å². The first-order valence-electron chi connectivity index (χ1n) is 12.4. The van der Waals surface area contributed by atoms with Crippen molar-refractivity contribution >= 4 is 28.4 Å². The number of benzene rings is 1. The van der Waals surface area contributed by atoms with Crippen LogP contribution in [0.15, 0.2) is 35.1 Å². The van der Waals surface area contributed by atoms with E-state index in [0.29, 0.717) is 33.8 Å². The number of piperidine rings is 1. The highest BCUT2D eigenvalue weighted by Gasteiger charge is 2.33. The van der Waals surface area contributed by atoms with Crippen molar-refractivity contribution in [2.75, 3.05) is 26.3 Å². The summed E-state index contributed by atoms with van der Waals surface area (Å²) in [6, 6.07) is 10.7. The molecule has 0 radical (unpaired) electrons. The Balaban J connectivity index is 1.39. The Morgan fingerprint density at radius 1 is 1.23 bits per heavy atom. The molecule has 8 heteroatoms. The van der Waals surface area contributed by atoms with Gasteiger partial charge in [-0.3, -0.25) is 14.5 Å². The molecule has 0 spiro atoms. The van der Waals surface area contributed by atoms with Crippen LogP contribution in [0.5, 0.6) is 0 Å². The third-order valence-electron chi connectivity index (χ3n) is 7.83. The second kappa shape index (κ2) is 9.80. The number of hydrogen-bond acceptors (Lipinski definition) is 4. The van der Waals surface area contributed by atoms with Crippen LogP contribution < -0.4 is 10.9 Å². The fraction of sp³-hybridized carbons (Fsp3) is 0.481. The van der Waals surface area contributed by atoms with Gasteiger partial charge in [-0.15, -0.1) is 0 Å². The largest absolute Gasteiger partial charge is 0.378 e. The number of likely N-dealkylation sites (tertiary alicyclic amines) is 1. The number of nitrogens with one attached hydrogen (secondary N) is 2. The van der Waals surface area contributed by atoms with Gasteiger partial charge in [-0.2, -0.15) is 0 Å². The zero-order chi connectivity index (χ0) is 24.7. The number of nitrogens with zero attached hydrogens (tertiary/aromatic N) is 2. The average Bonchev–Trinajstić information content (AvgIpc) is 3.09. The molecule has 0 bridgehead atoms. The first-order valence-corrected chi connectivity index (χ1v) is 12.8. The Morgan fingerprint density at radius 3 is 2.60 bits per heavy atom. The number of aromatic amines is 1. The molecule has 5 rings (SSSR count). The number of carbonyl (C=O) groups is 1. The van der Waals surface area contributed by atoms with Crippen molar-refractivity contribution in [3.05, 3.63) is 68.2 Å². The molecular formula is C27H33ClN4O3. The highest BCUT2D eigenvalue weighted by Crippen LogP contribution is 2.36. The van der Waals surface area contributed by atoms with Gasteiger partial charge in [-0.1, -0.05) is 29.8 Å². The van der Waals surface area contributed by atoms with Crippen molar-refractivity contribution < 1.29 is 9.53 Å². The molecule has 2 N–H and O–H groups in total. The standard InChI is InChI=1S/C27H33ClN4O3/c1-16-12-23(28)22(26(33)30-16)13-29-27(34)25-18(3)32(24-7-5-4-6-21(24)25)17(2)19-8-10-31(11-9-19)20-14-35-15-20/h4-7,12,17,19-20H,8-11,13-15H2,1-3H3,(H,29,34)(H,30,33). The molecule has 4 heterocycles. The van der Waals surface area contributed by atoms with Crippen molar-refractivity contribution in [1.82, 2.24) is 19.8 Å². The number of H-pyrrole nitrogens is 1. The van der Waals surface area contributed by atoms with E-state index in [-0.39, 0.29) is 24.1 Å². The Bertz CT molecular complexity index is 1300. The van der Waals surface area contributed by atoms with Gasteiger partial charge in [-0.25, -0.2) is 0 Å². The van der Waals surface area contributed by atoms with E-state index in [2.05, 4.69) is 32.8 Å². The van der Waals surface area contributed by atoms with E-state index in [1.807, 2.05) is 25.1 Å². The number of hydrogen-bond donors (Lipinski definition) is 2. The predicted octanol–water partition coefficient (Wildman–Crippen LogP) is 4.20. The van der Waals surface area contributed by atoms with E-state index in [0.717, 1.165) is 55.7 Å². The molecule has 0 aliphatic carbocycles. The second-order valence-corrected chi connectivity index (χ2v) is 10.4. The Kier molecular flexibility index (Phi) is 6.75. The van der Waals surface area contributed by atoms with Crippen molar-refractivity contribution in [1.29, 1.82) is 0 Å². The van der Waals surface area contributed by atoms with Gasteiger partial charge in [0.15, 0.2) is 0 Å². The van der Waals surface area contributed by atoms with Crippen LogP contribution in [0.3, 0.4) is 0 Å². The van der Waals surface area contributed by atoms with Crippen molar-refractivity contribution in [2.45, 2.75) is 52.2 Å². The summed E-state index contributed by atoms with van der Waals surface area (Å²) >= 11 is 6.28. The SMILES string of the molecule is Cc1cc(Cl)c(CNC(=O)c2c(C)n(C(C)C3CCN(C4COC4)CC3)c3ccccc23)c(=O)[nH]1. The van der Waals surface area contributed by atoms with E-state index < -0.39 is 0 Å². The van der Waals surface area contributed by atoms with Crippen LogP contribution in [-0.4, -0.2) is 52.7 Å². The summed E-state index contributed by atoms with van der Waals surface area (Å²) in [6.45, 7) is 10.1. The van der Waals surface area contributed by atoms with Crippen LogP contribution in [0.4, 0.5) is 0 Å². The molecule has 2 aromatic heterocycles. The summed E-state index contributed by atoms with van der Waals surface area (Å²) < 4.78 is 7.71. The molecule has 2 fully saturated rings. The van der Waals surface area contributed by atoms with Gasteiger partial charge in [0.05, 0.1) is 41.9 Å². The number of pyridine rings is 1. The molecule has 1 atom stereocenters. The van der Waals surface area contributed by atoms with Crippen LogP contribution in [0.1, 0.15) is 53.1 Å². The Labute approximate surface area is 210 Å². The van der Waals surface area contributed by atoms with Gasteiger partial charge >= 0.3 is 0 Å². The number of para-hydroxylation sites is 1. The van der Waals surface area contributed by atoms with Gasteiger partial charge in [-0.05, 0) is 64.8 Å². The van der Waals surface area contributed by atoms with Crippen molar-refractivity contribution in [3.8, 4) is 0 Å². The first-order chi connectivity index (χ1) is 16.8. The highest BCUT2D eigenvalue weighted by molar-refractivity contribution is 6.31. The van der Waals surface area contributed by atoms with Crippen LogP contribution in [-0.2, 0) is 11.3 Å². The lowest BCUT2D eigenvalue weighted by molar-refractivity contribution is -0.0752. The number of rotatable bonds is 6. The lowest BCUT2D eigenvalue weighted by Crippen LogP contribution is -2.52. The molecular weight excluding hydrogens is 464 g/mol. The minimum atomic E-state index is -0.275. The smallest absolute Gasteiger partial charge is 0.254 e. The average molecular weight is 497 g/mol. The van der Waals surface area contributed by atoms with E-state index in [1.54, 1.807) is 13.0 Å². The number of aromatic nitrogens is 2. The maximum absolute atomic E-state index is 13.4. The molecule has 3 aromatic rings. The molecule has 35 heavy (non-hydrogen) atoms. The lowest BCUT2D eigenvalue weighted by Gasteiger charge is -2.43. The zero-order valence-corrected chi connectivity index (χ0v) is 21.3. The summed E-state index contributed by atoms with van der Waals surface area (Å²) in [4.78, 5) is 31.1. The maximum Gasteiger partial charge on any atom is 0.254 e. The monoisotopic (exact) mass is 496 g/mol. The summed E-state index contributed by atoms with van der Waals surface area (Å²) in [5.41, 5.74) is 3.47. The summed E-state index contributed by atoms with van der Waals surface area (Å²) in [7, 11) is 0. The summed E-state index contributed by atoms with van der Waals surface area (Å²) in [5, 5.41) is 4.23. The minimum Gasteiger partial charge on any atom is -0.378 e. The number of halogens is 1. The van der Waals surface area contributed by atoms with Gasteiger partial charge < -0.3 is 19.6 Å². The third kappa shape index (κ3) is 4.53. The zero-order valence-electron chi connectivity index (χ0n) is 20.6. The Morgan fingerprint density at radius 2 is 1.94 bits per heavy atom. The molecule has 186 valence electrons. The van der Waals surface area contributed by atoms with Crippen molar-refractivity contribution in [2.24, 2.45) is 5.92 Å². The fourth-order valence-corrected chi connectivity index (χ4v) is 6.03. The van der Waals surface area contributed by atoms with Gasteiger partial charge in [0.1, 0.15) is 0 Å². The minimum absolute atomic E-state index is 0.0745. The normalized spacial score (nSPS) is 18.5. The van der Waals surface area contributed by atoms with Gasteiger partial charge in [0.2, 0.25) is 0 Å². The second-order valence-electron chi connectivity index (χ2n) is 9.94. The predicted molar refractivity (Wildman–Crippen MR) is 138 cm³/mol. The van der Waals surface area contributed by atoms with Gasteiger partial charge in [0, 0.05) is 28.3 Å². The first kappa shape index (κ1) is 24.1. The highest BCUT2D eigenvalue weighted by atomic mass is 35.5. The van der Waals surface area contributed by atoms with E-state index in [1.165, 1.54) is 0 Å². The summed E-state index contributed by atoms with van der Waals surface area (Å²) in [6.07, 6.45) is 2.28. The molecule has 1 amide bonds. The molecule has 1 unspecified atom stereocenters. The Hall–Kier alpha value is -2.61. The molecule has 2 saturated heterocycles. The molecule has 2 aliphatic heterocycles. The van der Waals surface area contributed by atoms with Crippen LogP contribution in [0, 0.1) is 19.8 Å². The van der Waals surface area contributed by atoms with Crippen LogP contribution >= 0.6 is 11.6 Å². The molecule has 7 nitrogen and oxygen atoms in total. The maximum atomic E-state index is 13.4. The lowest BCUT2D eigenvalue weighted by atomic mass is 9.89. The molecule has 0 saturated carbocycles. The van der Waals surface area contributed by atoms with E-state index >= 15 is 0 Å². The fourth-order valence-electron chi connectivity index (χ4n) is 5.71. The van der Waals surface area contributed by atoms with E-state index in [9.17, 15) is 9.59 Å². The topological polar surface area (TPSA) is 79.4 Å².